The number of carboxylic acids is 1. The van der Waals surface area contributed by atoms with E-state index < -0.39 is 17.7 Å². The summed E-state index contributed by atoms with van der Waals surface area (Å²) in [5.41, 5.74) is 4.46. The van der Waals surface area contributed by atoms with Crippen LogP contribution in [0.3, 0.4) is 0 Å². The fourth-order valence-electron chi connectivity index (χ4n) is 1.36. The van der Waals surface area contributed by atoms with Gasteiger partial charge in [-0.25, -0.2) is 19.2 Å². The molecule has 1 heterocycles. The molecule has 0 radical (unpaired) electrons. The van der Waals surface area contributed by atoms with Crippen LogP contribution in [0.25, 0.3) is 0 Å². The summed E-state index contributed by atoms with van der Waals surface area (Å²) >= 11 is 0. The van der Waals surface area contributed by atoms with Gasteiger partial charge in [-0.1, -0.05) is 0 Å². The Morgan fingerprint density at radius 3 is 2.50 bits per heavy atom. The van der Waals surface area contributed by atoms with Crippen molar-refractivity contribution in [3.8, 4) is 11.6 Å². The number of ether oxygens (including phenoxy) is 1. The molecule has 0 atom stereocenters. The number of nitrogens with zero attached hydrogens (tertiary/aromatic N) is 2. The minimum Gasteiger partial charge on any atom is -0.476 e. The molecule has 1 amide bonds. The Balaban J connectivity index is 2.19. The predicted molar refractivity (Wildman–Crippen MR) is 64.0 cm³/mol. The highest BCUT2D eigenvalue weighted by atomic mass is 19.1. The molecular formula is C12H8FN3O4. The molecule has 0 aliphatic heterocycles. The number of benzene rings is 1. The standard InChI is InChI=1S/C12H8FN3O4/c13-8-3-6(1-2-7(8)11(14)17)20-10-5-15-9(4-16-10)12(18)19/h1-5H,(H2,14,17)(H,18,19). The minimum atomic E-state index is -1.22. The maximum atomic E-state index is 13.5. The summed E-state index contributed by atoms with van der Waals surface area (Å²) in [7, 11) is 0. The first kappa shape index (κ1) is 13.4. The van der Waals surface area contributed by atoms with Crippen LogP contribution < -0.4 is 10.5 Å². The number of halogens is 1. The van der Waals surface area contributed by atoms with Crippen LogP contribution in [-0.4, -0.2) is 27.0 Å². The lowest BCUT2D eigenvalue weighted by Crippen LogP contribution is -2.12. The van der Waals surface area contributed by atoms with Crippen molar-refractivity contribution in [1.82, 2.24) is 9.97 Å². The Hall–Kier alpha value is -3.03. The molecule has 0 unspecified atom stereocenters. The normalized spacial score (nSPS) is 10.1. The smallest absolute Gasteiger partial charge is 0.356 e. The Morgan fingerprint density at radius 2 is 2.00 bits per heavy atom. The SMILES string of the molecule is NC(=O)c1ccc(Oc2cnc(C(=O)O)cn2)cc1F. The van der Waals surface area contributed by atoms with Crippen molar-refractivity contribution in [2.24, 2.45) is 5.73 Å². The monoisotopic (exact) mass is 277 g/mol. The average molecular weight is 277 g/mol. The van der Waals surface area contributed by atoms with Gasteiger partial charge >= 0.3 is 5.97 Å². The molecule has 1 aromatic heterocycles. The first-order valence-electron chi connectivity index (χ1n) is 5.30. The van der Waals surface area contributed by atoms with Crippen LogP contribution in [0.1, 0.15) is 20.8 Å². The van der Waals surface area contributed by atoms with Crippen LogP contribution in [0, 0.1) is 5.82 Å². The lowest BCUT2D eigenvalue weighted by Gasteiger charge is -2.05. The molecule has 0 saturated carbocycles. The first-order valence-corrected chi connectivity index (χ1v) is 5.30. The van der Waals surface area contributed by atoms with Gasteiger partial charge < -0.3 is 15.6 Å². The van der Waals surface area contributed by atoms with Gasteiger partial charge in [0.2, 0.25) is 5.88 Å². The number of aromatic carboxylic acids is 1. The molecule has 20 heavy (non-hydrogen) atoms. The molecular weight excluding hydrogens is 269 g/mol. The number of primary amides is 1. The van der Waals surface area contributed by atoms with Crippen molar-refractivity contribution in [3.63, 3.8) is 0 Å². The highest BCUT2D eigenvalue weighted by Crippen LogP contribution is 2.21. The van der Waals surface area contributed by atoms with Crippen molar-refractivity contribution >= 4 is 11.9 Å². The van der Waals surface area contributed by atoms with E-state index >= 15 is 0 Å². The minimum absolute atomic E-state index is 0.0128. The summed E-state index contributed by atoms with van der Waals surface area (Å²) in [6.07, 6.45) is 2.09. The van der Waals surface area contributed by atoms with E-state index in [0.717, 1.165) is 18.5 Å². The number of nitrogens with two attached hydrogens (primary N) is 1. The maximum absolute atomic E-state index is 13.5. The Labute approximate surface area is 111 Å². The van der Waals surface area contributed by atoms with Gasteiger partial charge in [-0.3, -0.25) is 4.79 Å². The van der Waals surface area contributed by atoms with E-state index in [1.807, 2.05) is 0 Å². The fourth-order valence-corrected chi connectivity index (χ4v) is 1.36. The van der Waals surface area contributed by atoms with E-state index in [1.54, 1.807) is 0 Å². The number of hydrogen-bond donors (Lipinski definition) is 2. The molecule has 0 saturated heterocycles. The van der Waals surface area contributed by atoms with E-state index in [1.165, 1.54) is 12.1 Å². The van der Waals surface area contributed by atoms with E-state index in [-0.39, 0.29) is 22.9 Å². The van der Waals surface area contributed by atoms with Gasteiger partial charge in [-0.15, -0.1) is 0 Å². The molecule has 102 valence electrons. The van der Waals surface area contributed by atoms with Crippen molar-refractivity contribution < 1.29 is 23.8 Å². The van der Waals surface area contributed by atoms with Gasteiger partial charge in [0.05, 0.1) is 18.0 Å². The number of carbonyl (C=O) groups is 2. The highest BCUT2D eigenvalue weighted by Gasteiger charge is 2.10. The summed E-state index contributed by atoms with van der Waals surface area (Å²) in [4.78, 5) is 28.7. The quantitative estimate of drug-likeness (QED) is 0.867. The summed E-state index contributed by atoms with van der Waals surface area (Å²) in [5, 5.41) is 8.65. The number of carbonyl (C=O) groups excluding carboxylic acids is 1. The molecule has 0 fully saturated rings. The van der Waals surface area contributed by atoms with Crippen LogP contribution >= 0.6 is 0 Å². The lowest BCUT2D eigenvalue weighted by molar-refractivity contribution is 0.0689. The zero-order valence-electron chi connectivity index (χ0n) is 9.91. The molecule has 2 rings (SSSR count). The molecule has 0 aliphatic carbocycles. The van der Waals surface area contributed by atoms with Crippen LogP contribution in [-0.2, 0) is 0 Å². The van der Waals surface area contributed by atoms with Gasteiger partial charge in [0, 0.05) is 6.07 Å². The zero-order chi connectivity index (χ0) is 14.7. The zero-order valence-corrected chi connectivity index (χ0v) is 9.91. The van der Waals surface area contributed by atoms with E-state index in [0.29, 0.717) is 0 Å². The summed E-state index contributed by atoms with van der Waals surface area (Å²) in [6.45, 7) is 0. The molecule has 3 N–H and O–H groups in total. The summed E-state index contributed by atoms with van der Waals surface area (Å²) < 4.78 is 18.6. The molecule has 0 aliphatic rings. The topological polar surface area (TPSA) is 115 Å². The summed E-state index contributed by atoms with van der Waals surface area (Å²) in [6, 6.07) is 3.47. The van der Waals surface area contributed by atoms with Gasteiger partial charge in [0.15, 0.2) is 5.69 Å². The van der Waals surface area contributed by atoms with Crippen molar-refractivity contribution in [3.05, 3.63) is 47.7 Å². The number of amides is 1. The third kappa shape index (κ3) is 2.86. The third-order valence-electron chi connectivity index (χ3n) is 2.28. The first-order chi connectivity index (χ1) is 9.47. The third-order valence-corrected chi connectivity index (χ3v) is 2.28. The van der Waals surface area contributed by atoms with Gasteiger partial charge in [0.25, 0.3) is 5.91 Å². The van der Waals surface area contributed by atoms with Gasteiger partial charge in [-0.2, -0.15) is 0 Å². The molecule has 0 bridgehead atoms. The van der Waals surface area contributed by atoms with E-state index in [2.05, 4.69) is 9.97 Å². The van der Waals surface area contributed by atoms with Crippen LogP contribution in [0.4, 0.5) is 4.39 Å². The average Bonchev–Trinajstić information content (AvgIpc) is 2.39. The number of carboxylic acid groups (broad SMARTS) is 1. The van der Waals surface area contributed by atoms with Crippen molar-refractivity contribution in [2.75, 3.05) is 0 Å². The van der Waals surface area contributed by atoms with Gasteiger partial charge in [0.1, 0.15) is 11.6 Å². The Bertz CT molecular complexity index is 673. The molecule has 1 aromatic carbocycles. The highest BCUT2D eigenvalue weighted by molar-refractivity contribution is 5.93. The summed E-state index contributed by atoms with van der Waals surface area (Å²) in [5.74, 6) is -2.88. The van der Waals surface area contributed by atoms with Crippen LogP contribution in [0.15, 0.2) is 30.6 Å². The Kier molecular flexibility index (Phi) is 3.56. The number of aromatic nitrogens is 2. The van der Waals surface area contributed by atoms with Crippen LogP contribution in [0.5, 0.6) is 11.6 Å². The van der Waals surface area contributed by atoms with Crippen LogP contribution in [0.2, 0.25) is 0 Å². The molecule has 0 spiro atoms. The number of hydrogen-bond acceptors (Lipinski definition) is 5. The maximum Gasteiger partial charge on any atom is 0.356 e. The molecule has 8 heteroatoms. The largest absolute Gasteiger partial charge is 0.476 e. The van der Waals surface area contributed by atoms with Gasteiger partial charge in [-0.05, 0) is 12.1 Å². The molecule has 7 nitrogen and oxygen atoms in total. The Morgan fingerprint density at radius 1 is 1.25 bits per heavy atom. The van der Waals surface area contributed by atoms with Crippen molar-refractivity contribution in [1.29, 1.82) is 0 Å². The van der Waals surface area contributed by atoms with E-state index in [4.69, 9.17) is 15.6 Å². The predicted octanol–water partition coefficient (Wildman–Crippen LogP) is 1.21. The lowest BCUT2D eigenvalue weighted by atomic mass is 10.2. The van der Waals surface area contributed by atoms with E-state index in [9.17, 15) is 14.0 Å². The fraction of sp³-hybridized carbons (Fsp3) is 0. The van der Waals surface area contributed by atoms with Crippen molar-refractivity contribution in [2.45, 2.75) is 0 Å². The molecule has 2 aromatic rings. The second kappa shape index (κ2) is 5.31. The second-order valence-electron chi connectivity index (χ2n) is 3.65. The second-order valence-corrected chi connectivity index (χ2v) is 3.65. The number of rotatable bonds is 4.